The van der Waals surface area contributed by atoms with Gasteiger partial charge in [0.25, 0.3) is 0 Å². The Labute approximate surface area is 82.5 Å². The summed E-state index contributed by atoms with van der Waals surface area (Å²) in [5, 5.41) is 8.81. The van der Waals surface area contributed by atoms with Crippen LogP contribution >= 0.6 is 0 Å². The van der Waals surface area contributed by atoms with Crippen molar-refractivity contribution < 1.29 is 14.6 Å². The molecule has 0 saturated heterocycles. The molecule has 1 aromatic heterocycles. The van der Waals surface area contributed by atoms with E-state index in [9.17, 15) is 4.79 Å². The van der Waals surface area contributed by atoms with E-state index in [1.54, 1.807) is 6.07 Å². The van der Waals surface area contributed by atoms with Gasteiger partial charge in [-0.05, 0) is 5.92 Å². The summed E-state index contributed by atoms with van der Waals surface area (Å²) < 4.78 is 4.98. The average molecular weight is 195 g/mol. The van der Waals surface area contributed by atoms with Crippen molar-refractivity contribution in [3.63, 3.8) is 0 Å². The number of hydrogen-bond acceptors (Lipinski definition) is 3. The molecule has 14 heavy (non-hydrogen) atoms. The third-order valence-electron chi connectivity index (χ3n) is 1.93. The number of carboxylic acids is 1. The molecule has 1 heterocycles. The van der Waals surface area contributed by atoms with Crippen LogP contribution in [0.1, 0.15) is 35.8 Å². The van der Waals surface area contributed by atoms with E-state index in [1.165, 1.54) is 13.3 Å². The van der Waals surface area contributed by atoms with Crippen LogP contribution in [0.3, 0.4) is 0 Å². The molecular formula is C10H13NO3. The molecule has 0 aliphatic carbocycles. The van der Waals surface area contributed by atoms with Gasteiger partial charge in [0, 0.05) is 18.0 Å². The molecule has 0 unspecified atom stereocenters. The Morgan fingerprint density at radius 3 is 2.64 bits per heavy atom. The summed E-state index contributed by atoms with van der Waals surface area (Å²) in [5.41, 5.74) is 0.920. The average Bonchev–Trinajstić information content (AvgIpc) is 2.16. The number of hydrogen-bond donors (Lipinski definition) is 1. The highest BCUT2D eigenvalue weighted by atomic mass is 16.5. The minimum absolute atomic E-state index is 0.0944. The van der Waals surface area contributed by atoms with Gasteiger partial charge in [0.1, 0.15) is 11.3 Å². The molecule has 0 aliphatic heterocycles. The fourth-order valence-corrected chi connectivity index (χ4v) is 1.10. The Kier molecular flexibility index (Phi) is 3.06. The van der Waals surface area contributed by atoms with E-state index >= 15 is 0 Å². The lowest BCUT2D eigenvalue weighted by atomic mass is 10.1. The first-order valence-corrected chi connectivity index (χ1v) is 4.33. The lowest BCUT2D eigenvalue weighted by Crippen LogP contribution is -2.03. The fourth-order valence-electron chi connectivity index (χ4n) is 1.10. The van der Waals surface area contributed by atoms with Gasteiger partial charge in [-0.2, -0.15) is 0 Å². The van der Waals surface area contributed by atoms with Gasteiger partial charge >= 0.3 is 5.97 Å². The molecule has 0 bridgehead atoms. The van der Waals surface area contributed by atoms with Crippen molar-refractivity contribution in [3.8, 4) is 5.75 Å². The summed E-state index contributed by atoms with van der Waals surface area (Å²) in [7, 11) is 1.45. The van der Waals surface area contributed by atoms with Gasteiger partial charge in [0.2, 0.25) is 0 Å². The predicted octanol–water partition coefficient (Wildman–Crippen LogP) is 1.91. The van der Waals surface area contributed by atoms with Gasteiger partial charge in [-0.15, -0.1) is 0 Å². The summed E-state index contributed by atoms with van der Waals surface area (Å²) in [4.78, 5) is 14.8. The number of nitrogens with zero attached hydrogens (tertiary/aromatic N) is 1. The van der Waals surface area contributed by atoms with E-state index < -0.39 is 5.97 Å². The second kappa shape index (κ2) is 4.09. The molecule has 1 rings (SSSR count). The number of aromatic nitrogens is 1. The van der Waals surface area contributed by atoms with E-state index in [2.05, 4.69) is 4.98 Å². The third-order valence-corrected chi connectivity index (χ3v) is 1.93. The van der Waals surface area contributed by atoms with Crippen LogP contribution in [0.4, 0.5) is 0 Å². The Bertz CT molecular complexity index is 347. The van der Waals surface area contributed by atoms with Crippen molar-refractivity contribution in [3.05, 3.63) is 23.5 Å². The molecule has 0 saturated carbocycles. The highest BCUT2D eigenvalue weighted by Gasteiger charge is 2.13. The molecule has 0 fully saturated rings. The minimum atomic E-state index is -1.02. The van der Waals surface area contributed by atoms with E-state index in [1.807, 2.05) is 13.8 Å². The Balaban J connectivity index is 3.18. The van der Waals surface area contributed by atoms with Gasteiger partial charge in [-0.3, -0.25) is 4.98 Å². The number of pyridine rings is 1. The number of carbonyl (C=O) groups is 1. The maximum absolute atomic E-state index is 10.7. The fraction of sp³-hybridized carbons (Fsp3) is 0.400. The van der Waals surface area contributed by atoms with Crippen LogP contribution in [0.15, 0.2) is 12.3 Å². The molecule has 1 N–H and O–H groups in total. The monoisotopic (exact) mass is 195 g/mol. The molecular weight excluding hydrogens is 182 g/mol. The lowest BCUT2D eigenvalue weighted by Gasteiger charge is -2.08. The zero-order chi connectivity index (χ0) is 10.7. The molecule has 0 aromatic carbocycles. The molecule has 76 valence electrons. The molecule has 0 spiro atoms. The van der Waals surface area contributed by atoms with E-state index in [-0.39, 0.29) is 11.5 Å². The maximum atomic E-state index is 10.7. The van der Waals surface area contributed by atoms with Crippen molar-refractivity contribution in [2.24, 2.45) is 0 Å². The largest absolute Gasteiger partial charge is 0.496 e. The van der Waals surface area contributed by atoms with Gasteiger partial charge < -0.3 is 9.84 Å². The zero-order valence-electron chi connectivity index (χ0n) is 8.44. The third kappa shape index (κ3) is 2.02. The van der Waals surface area contributed by atoms with Crippen molar-refractivity contribution in [1.82, 2.24) is 4.98 Å². The summed E-state index contributed by atoms with van der Waals surface area (Å²) in [5.74, 6) is -0.410. The van der Waals surface area contributed by atoms with Crippen molar-refractivity contribution in [1.29, 1.82) is 0 Å². The van der Waals surface area contributed by atoms with E-state index in [4.69, 9.17) is 9.84 Å². The predicted molar refractivity (Wildman–Crippen MR) is 51.8 cm³/mol. The van der Waals surface area contributed by atoms with Crippen LogP contribution in [0.5, 0.6) is 5.75 Å². The summed E-state index contributed by atoms with van der Waals surface area (Å²) >= 11 is 0. The van der Waals surface area contributed by atoms with E-state index in [0.717, 1.165) is 5.69 Å². The van der Waals surface area contributed by atoms with Crippen molar-refractivity contribution >= 4 is 5.97 Å². The SMILES string of the molecule is COc1cc(C(C)C)ncc1C(=O)O. The molecule has 0 radical (unpaired) electrons. The summed E-state index contributed by atoms with van der Waals surface area (Å²) in [6.07, 6.45) is 1.33. The van der Waals surface area contributed by atoms with Gasteiger partial charge in [-0.25, -0.2) is 4.79 Å². The highest BCUT2D eigenvalue weighted by molar-refractivity contribution is 5.90. The standard InChI is InChI=1S/C10H13NO3/c1-6(2)8-4-9(14-3)7(5-11-8)10(12)13/h4-6H,1-3H3,(H,12,13). The zero-order valence-corrected chi connectivity index (χ0v) is 8.44. The normalized spacial score (nSPS) is 10.3. The smallest absolute Gasteiger partial charge is 0.341 e. The Morgan fingerprint density at radius 1 is 1.57 bits per heavy atom. The first-order valence-electron chi connectivity index (χ1n) is 4.33. The second-order valence-corrected chi connectivity index (χ2v) is 3.27. The number of aromatic carboxylic acids is 1. The molecule has 0 atom stereocenters. The van der Waals surface area contributed by atoms with Crippen molar-refractivity contribution in [2.75, 3.05) is 7.11 Å². The first kappa shape index (κ1) is 10.5. The first-order chi connectivity index (χ1) is 6.56. The molecule has 4 heteroatoms. The number of rotatable bonds is 3. The van der Waals surface area contributed by atoms with Crippen LogP contribution in [0.25, 0.3) is 0 Å². The van der Waals surface area contributed by atoms with Crippen LogP contribution < -0.4 is 4.74 Å². The molecule has 0 amide bonds. The number of carboxylic acid groups (broad SMARTS) is 1. The quantitative estimate of drug-likeness (QED) is 0.800. The maximum Gasteiger partial charge on any atom is 0.341 e. The molecule has 4 nitrogen and oxygen atoms in total. The van der Waals surface area contributed by atoms with Gasteiger partial charge in [0.05, 0.1) is 7.11 Å². The highest BCUT2D eigenvalue weighted by Crippen LogP contribution is 2.22. The Hall–Kier alpha value is -1.58. The van der Waals surface area contributed by atoms with Crippen LogP contribution in [0.2, 0.25) is 0 Å². The van der Waals surface area contributed by atoms with Crippen molar-refractivity contribution in [2.45, 2.75) is 19.8 Å². The second-order valence-electron chi connectivity index (χ2n) is 3.27. The molecule has 0 aliphatic rings. The topological polar surface area (TPSA) is 59.4 Å². The van der Waals surface area contributed by atoms with Crippen LogP contribution in [-0.4, -0.2) is 23.2 Å². The van der Waals surface area contributed by atoms with Crippen LogP contribution in [0, 0.1) is 0 Å². The summed E-state index contributed by atoms with van der Waals surface area (Å²) in [6, 6.07) is 1.66. The number of methoxy groups -OCH3 is 1. The van der Waals surface area contributed by atoms with E-state index in [0.29, 0.717) is 5.75 Å². The molecule has 1 aromatic rings. The number of ether oxygens (including phenoxy) is 1. The van der Waals surface area contributed by atoms with Crippen LogP contribution in [-0.2, 0) is 0 Å². The Morgan fingerprint density at radius 2 is 2.21 bits per heavy atom. The van der Waals surface area contributed by atoms with Gasteiger partial charge in [0.15, 0.2) is 0 Å². The lowest BCUT2D eigenvalue weighted by molar-refractivity contribution is 0.0693. The van der Waals surface area contributed by atoms with Gasteiger partial charge in [-0.1, -0.05) is 13.8 Å². The summed E-state index contributed by atoms with van der Waals surface area (Å²) in [6.45, 7) is 3.98. The minimum Gasteiger partial charge on any atom is -0.496 e.